The molecule has 0 atom stereocenters. The average molecular weight is 349 g/mol. The van der Waals surface area contributed by atoms with Crippen molar-refractivity contribution in [1.82, 2.24) is 0 Å². The number of nitrogens with zero attached hydrogens (tertiary/aromatic N) is 1. The van der Waals surface area contributed by atoms with Crippen LogP contribution < -0.4 is 10.2 Å². The molecule has 2 amide bonds. The molecule has 0 aromatic heterocycles. The molecule has 2 aromatic rings. The van der Waals surface area contributed by atoms with E-state index in [0.29, 0.717) is 5.69 Å². The van der Waals surface area contributed by atoms with Gasteiger partial charge in [0.15, 0.2) is 0 Å². The summed E-state index contributed by atoms with van der Waals surface area (Å²) in [6.07, 6.45) is 0.114. The highest BCUT2D eigenvalue weighted by molar-refractivity contribution is 6.31. The largest absolute Gasteiger partial charge is 0.326 e. The van der Waals surface area contributed by atoms with Crippen LogP contribution in [-0.4, -0.2) is 18.4 Å². The third-order valence-electron chi connectivity index (χ3n) is 3.58. The maximum Gasteiger partial charge on any atom is 0.226 e. The predicted octanol–water partition coefficient (Wildman–Crippen LogP) is 4.17. The Bertz CT molecular complexity index is 764. The SMILES string of the molecule is CC(=O)N(CCC(=O)Nc1ccccc1C)c1ccc(F)c(Cl)c1. The lowest BCUT2D eigenvalue weighted by molar-refractivity contribution is -0.117. The first-order chi connectivity index (χ1) is 11.4. The van der Waals surface area contributed by atoms with Crippen molar-refractivity contribution in [3.8, 4) is 0 Å². The van der Waals surface area contributed by atoms with Crippen molar-refractivity contribution in [1.29, 1.82) is 0 Å². The maximum absolute atomic E-state index is 13.3. The molecule has 0 bridgehead atoms. The Labute approximate surface area is 145 Å². The van der Waals surface area contributed by atoms with Crippen LogP contribution in [0.3, 0.4) is 0 Å². The second-order valence-electron chi connectivity index (χ2n) is 5.38. The van der Waals surface area contributed by atoms with E-state index in [1.165, 1.54) is 30.0 Å². The molecule has 4 nitrogen and oxygen atoms in total. The normalized spacial score (nSPS) is 10.3. The summed E-state index contributed by atoms with van der Waals surface area (Å²) in [6.45, 7) is 3.46. The Morgan fingerprint density at radius 3 is 2.54 bits per heavy atom. The summed E-state index contributed by atoms with van der Waals surface area (Å²) < 4.78 is 13.3. The van der Waals surface area contributed by atoms with Crippen molar-refractivity contribution in [2.45, 2.75) is 20.3 Å². The van der Waals surface area contributed by atoms with Crippen LogP contribution in [0.5, 0.6) is 0 Å². The molecule has 0 aliphatic carbocycles. The molecule has 0 aliphatic heterocycles. The van der Waals surface area contributed by atoms with E-state index in [1.807, 2.05) is 31.2 Å². The molecule has 0 saturated heterocycles. The number of hydrogen-bond acceptors (Lipinski definition) is 2. The highest BCUT2D eigenvalue weighted by atomic mass is 35.5. The van der Waals surface area contributed by atoms with Crippen LogP contribution in [0.25, 0.3) is 0 Å². The zero-order valence-electron chi connectivity index (χ0n) is 13.5. The zero-order chi connectivity index (χ0) is 17.7. The molecule has 0 unspecified atom stereocenters. The topological polar surface area (TPSA) is 49.4 Å². The number of rotatable bonds is 5. The van der Waals surface area contributed by atoms with Gasteiger partial charge in [0.05, 0.1) is 5.02 Å². The van der Waals surface area contributed by atoms with Gasteiger partial charge in [0.25, 0.3) is 0 Å². The van der Waals surface area contributed by atoms with Crippen molar-refractivity contribution in [3.05, 3.63) is 58.9 Å². The number of amides is 2. The number of para-hydroxylation sites is 1. The van der Waals surface area contributed by atoms with Crippen LogP contribution in [0.4, 0.5) is 15.8 Å². The van der Waals surface area contributed by atoms with Gasteiger partial charge in [-0.15, -0.1) is 0 Å². The van der Waals surface area contributed by atoms with Gasteiger partial charge in [-0.1, -0.05) is 29.8 Å². The van der Waals surface area contributed by atoms with Gasteiger partial charge in [0, 0.05) is 31.3 Å². The Balaban J connectivity index is 2.03. The smallest absolute Gasteiger partial charge is 0.226 e. The summed E-state index contributed by atoms with van der Waals surface area (Å²) in [7, 11) is 0. The molecule has 0 fully saturated rings. The number of benzene rings is 2. The van der Waals surface area contributed by atoms with E-state index in [9.17, 15) is 14.0 Å². The fourth-order valence-corrected chi connectivity index (χ4v) is 2.44. The summed E-state index contributed by atoms with van der Waals surface area (Å²) >= 11 is 5.76. The third kappa shape index (κ3) is 4.55. The van der Waals surface area contributed by atoms with Gasteiger partial charge < -0.3 is 10.2 Å². The predicted molar refractivity (Wildman–Crippen MR) is 93.9 cm³/mol. The minimum atomic E-state index is -0.554. The van der Waals surface area contributed by atoms with Gasteiger partial charge in [0.1, 0.15) is 5.82 Å². The van der Waals surface area contributed by atoms with Crippen molar-refractivity contribution in [2.24, 2.45) is 0 Å². The molecular weight excluding hydrogens is 331 g/mol. The first kappa shape index (κ1) is 17.9. The summed E-state index contributed by atoms with van der Waals surface area (Å²) in [5.74, 6) is -1.01. The second-order valence-corrected chi connectivity index (χ2v) is 5.79. The Kier molecular flexibility index (Phi) is 5.93. The molecule has 126 valence electrons. The van der Waals surface area contributed by atoms with Crippen LogP contribution in [0.15, 0.2) is 42.5 Å². The first-order valence-corrected chi connectivity index (χ1v) is 7.85. The molecule has 0 heterocycles. The lowest BCUT2D eigenvalue weighted by Gasteiger charge is -2.21. The third-order valence-corrected chi connectivity index (χ3v) is 3.87. The molecule has 0 saturated carbocycles. The summed E-state index contributed by atoms with van der Waals surface area (Å²) in [4.78, 5) is 25.3. The average Bonchev–Trinajstić information content (AvgIpc) is 2.53. The highest BCUT2D eigenvalue weighted by Gasteiger charge is 2.15. The minimum Gasteiger partial charge on any atom is -0.326 e. The van der Waals surface area contributed by atoms with E-state index in [-0.39, 0.29) is 29.8 Å². The van der Waals surface area contributed by atoms with Gasteiger partial charge in [-0.05, 0) is 36.8 Å². The van der Waals surface area contributed by atoms with Crippen LogP contribution in [0, 0.1) is 12.7 Å². The molecule has 1 N–H and O–H groups in total. The lowest BCUT2D eigenvalue weighted by atomic mass is 10.2. The number of hydrogen-bond donors (Lipinski definition) is 1. The van der Waals surface area contributed by atoms with E-state index >= 15 is 0 Å². The van der Waals surface area contributed by atoms with Gasteiger partial charge in [-0.2, -0.15) is 0 Å². The Hall–Kier alpha value is -2.40. The van der Waals surface area contributed by atoms with E-state index in [2.05, 4.69) is 5.32 Å². The Morgan fingerprint density at radius 2 is 1.92 bits per heavy atom. The van der Waals surface area contributed by atoms with Crippen LogP contribution in [0.1, 0.15) is 18.9 Å². The van der Waals surface area contributed by atoms with E-state index < -0.39 is 5.82 Å². The number of halogens is 2. The van der Waals surface area contributed by atoms with Crippen LogP contribution in [-0.2, 0) is 9.59 Å². The fourth-order valence-electron chi connectivity index (χ4n) is 2.26. The standard InChI is InChI=1S/C18H18ClFN2O2/c1-12-5-3-4-6-17(12)21-18(24)9-10-22(13(2)23)14-7-8-16(20)15(19)11-14/h3-8,11H,9-10H2,1-2H3,(H,21,24). The summed E-state index contributed by atoms with van der Waals surface area (Å²) in [5.41, 5.74) is 2.15. The highest BCUT2D eigenvalue weighted by Crippen LogP contribution is 2.23. The van der Waals surface area contributed by atoms with Crippen LogP contribution >= 0.6 is 11.6 Å². The minimum absolute atomic E-state index is 0.0666. The zero-order valence-corrected chi connectivity index (χ0v) is 14.2. The quantitative estimate of drug-likeness (QED) is 0.881. The molecule has 2 rings (SSSR count). The van der Waals surface area contributed by atoms with Crippen molar-refractivity contribution >= 4 is 34.8 Å². The summed E-state index contributed by atoms with van der Waals surface area (Å²) in [5, 5.41) is 2.75. The Morgan fingerprint density at radius 1 is 1.21 bits per heavy atom. The van der Waals surface area contributed by atoms with E-state index in [1.54, 1.807) is 0 Å². The van der Waals surface area contributed by atoms with Gasteiger partial charge in [-0.25, -0.2) is 4.39 Å². The van der Waals surface area contributed by atoms with Crippen molar-refractivity contribution in [3.63, 3.8) is 0 Å². The lowest BCUT2D eigenvalue weighted by Crippen LogP contribution is -2.32. The molecular formula is C18H18ClFN2O2. The molecule has 2 aromatic carbocycles. The number of aryl methyl sites for hydroxylation is 1. The number of nitrogens with one attached hydrogen (secondary N) is 1. The van der Waals surface area contributed by atoms with Gasteiger partial charge >= 0.3 is 0 Å². The summed E-state index contributed by atoms with van der Waals surface area (Å²) in [6, 6.07) is 11.5. The molecule has 0 spiro atoms. The maximum atomic E-state index is 13.3. The molecule has 24 heavy (non-hydrogen) atoms. The molecule has 0 radical (unpaired) electrons. The van der Waals surface area contributed by atoms with Crippen molar-refractivity contribution < 1.29 is 14.0 Å². The van der Waals surface area contributed by atoms with Crippen LogP contribution in [0.2, 0.25) is 5.02 Å². The first-order valence-electron chi connectivity index (χ1n) is 7.47. The number of carbonyl (C=O) groups excluding carboxylic acids is 2. The van der Waals surface area contributed by atoms with Crippen molar-refractivity contribution in [2.75, 3.05) is 16.8 Å². The number of anilines is 2. The monoisotopic (exact) mass is 348 g/mol. The van der Waals surface area contributed by atoms with E-state index in [0.717, 1.165) is 11.3 Å². The van der Waals surface area contributed by atoms with E-state index in [4.69, 9.17) is 11.6 Å². The number of carbonyl (C=O) groups is 2. The molecule has 0 aliphatic rings. The van der Waals surface area contributed by atoms with Gasteiger partial charge in [0.2, 0.25) is 11.8 Å². The second kappa shape index (κ2) is 7.93. The molecule has 6 heteroatoms. The van der Waals surface area contributed by atoms with Gasteiger partial charge in [-0.3, -0.25) is 9.59 Å². The fraction of sp³-hybridized carbons (Fsp3) is 0.222.